The summed E-state index contributed by atoms with van der Waals surface area (Å²) in [4.78, 5) is 102. The molecular formula is C35H56N8O11. The first-order chi connectivity index (χ1) is 25.3. The number of rotatable bonds is 24. The molecule has 7 amide bonds. The van der Waals surface area contributed by atoms with Crippen molar-refractivity contribution in [3.63, 3.8) is 0 Å². The van der Waals surface area contributed by atoms with Crippen LogP contribution in [0.4, 0.5) is 0 Å². The molecule has 0 bridgehead atoms. The summed E-state index contributed by atoms with van der Waals surface area (Å²) in [5.74, 6) is -7.48. The molecule has 7 atom stereocenters. The SMILES string of the molecule is CC(C)C[C@H](NC(=O)[C@H](CO)NC(=O)[C@H](C)NC(=O)[C@H](CC(C)C)NC(=O)[C@H](Cc1ccccc1)NC(=O)[C@H](CCC(N)=O)NC(=O)[C@@H](N)CO)C(=O)O. The van der Waals surface area contributed by atoms with Crippen LogP contribution >= 0.6 is 0 Å². The van der Waals surface area contributed by atoms with Gasteiger partial charge in [0.15, 0.2) is 0 Å². The topological polar surface area (TPSA) is 321 Å². The zero-order valence-electron chi connectivity index (χ0n) is 31.3. The number of aliphatic hydroxyl groups is 2. The number of carbonyl (C=O) groups is 8. The van der Waals surface area contributed by atoms with Crippen LogP contribution in [0.3, 0.4) is 0 Å². The number of amides is 7. The Morgan fingerprint density at radius 1 is 0.593 bits per heavy atom. The van der Waals surface area contributed by atoms with Crippen LogP contribution < -0.4 is 43.4 Å². The predicted octanol–water partition coefficient (Wildman–Crippen LogP) is -3.09. The molecule has 0 aromatic heterocycles. The van der Waals surface area contributed by atoms with Gasteiger partial charge in [-0.3, -0.25) is 33.6 Å². The van der Waals surface area contributed by atoms with Crippen molar-refractivity contribution >= 4 is 47.3 Å². The van der Waals surface area contributed by atoms with E-state index in [1.165, 1.54) is 6.92 Å². The zero-order valence-corrected chi connectivity index (χ0v) is 31.3. The lowest BCUT2D eigenvalue weighted by atomic mass is 10.00. The highest BCUT2D eigenvalue weighted by Gasteiger charge is 2.33. The van der Waals surface area contributed by atoms with Gasteiger partial charge in [-0.05, 0) is 43.6 Å². The van der Waals surface area contributed by atoms with Gasteiger partial charge in [0.2, 0.25) is 41.4 Å². The van der Waals surface area contributed by atoms with Crippen molar-refractivity contribution in [3.05, 3.63) is 35.9 Å². The van der Waals surface area contributed by atoms with Crippen LogP contribution in [0.15, 0.2) is 30.3 Å². The summed E-state index contributed by atoms with van der Waals surface area (Å²) in [6, 6.07) is -0.841. The molecule has 0 aliphatic carbocycles. The normalized spacial score (nSPS) is 15.0. The number of primary amides is 1. The van der Waals surface area contributed by atoms with Crippen molar-refractivity contribution < 1.29 is 53.7 Å². The first-order valence-corrected chi connectivity index (χ1v) is 17.6. The van der Waals surface area contributed by atoms with E-state index in [2.05, 4.69) is 31.9 Å². The fraction of sp³-hybridized carbons (Fsp3) is 0.600. The Bertz CT molecular complexity index is 1440. The minimum Gasteiger partial charge on any atom is -0.480 e. The molecule has 13 N–H and O–H groups in total. The molecule has 0 aliphatic rings. The highest BCUT2D eigenvalue weighted by atomic mass is 16.4. The van der Waals surface area contributed by atoms with E-state index in [-0.39, 0.29) is 43.9 Å². The summed E-state index contributed by atoms with van der Waals surface area (Å²) in [6.45, 7) is 6.79. The van der Waals surface area contributed by atoms with E-state index in [9.17, 15) is 53.7 Å². The Kier molecular flexibility index (Phi) is 20.4. The quantitative estimate of drug-likeness (QED) is 0.0499. The average molecular weight is 765 g/mol. The number of nitrogens with one attached hydrogen (secondary N) is 6. The van der Waals surface area contributed by atoms with Crippen molar-refractivity contribution in [2.75, 3.05) is 13.2 Å². The maximum absolute atomic E-state index is 13.8. The summed E-state index contributed by atoms with van der Waals surface area (Å²) in [7, 11) is 0. The van der Waals surface area contributed by atoms with E-state index in [1.54, 1.807) is 58.0 Å². The van der Waals surface area contributed by atoms with Gasteiger partial charge < -0.3 is 58.7 Å². The Hall–Kier alpha value is -5.14. The lowest BCUT2D eigenvalue weighted by Crippen LogP contribution is -2.60. The van der Waals surface area contributed by atoms with E-state index >= 15 is 0 Å². The van der Waals surface area contributed by atoms with Crippen LogP contribution in [0.25, 0.3) is 0 Å². The van der Waals surface area contributed by atoms with Crippen LogP contribution in [0, 0.1) is 11.8 Å². The number of aliphatic hydroxyl groups excluding tert-OH is 2. The van der Waals surface area contributed by atoms with Crippen molar-refractivity contribution in [2.24, 2.45) is 23.3 Å². The first kappa shape index (κ1) is 46.9. The number of carboxylic acids is 1. The summed E-state index contributed by atoms with van der Waals surface area (Å²) in [5, 5.41) is 43.1. The van der Waals surface area contributed by atoms with Gasteiger partial charge in [-0.15, -0.1) is 0 Å². The molecule has 302 valence electrons. The fourth-order valence-electron chi connectivity index (χ4n) is 5.06. The Balaban J connectivity index is 3.21. The number of carbonyl (C=O) groups excluding carboxylic acids is 7. The van der Waals surface area contributed by atoms with Crippen molar-refractivity contribution in [1.82, 2.24) is 31.9 Å². The summed E-state index contributed by atoms with van der Waals surface area (Å²) < 4.78 is 0. The summed E-state index contributed by atoms with van der Waals surface area (Å²) in [6.07, 6.45) is -0.438. The molecule has 1 aromatic rings. The van der Waals surface area contributed by atoms with Crippen molar-refractivity contribution in [3.8, 4) is 0 Å². The minimum absolute atomic E-state index is 0.0651. The van der Waals surface area contributed by atoms with Gasteiger partial charge in [-0.2, -0.15) is 0 Å². The van der Waals surface area contributed by atoms with E-state index in [1.807, 2.05) is 0 Å². The third-order valence-electron chi connectivity index (χ3n) is 7.99. The van der Waals surface area contributed by atoms with Crippen molar-refractivity contribution in [2.45, 2.75) is 109 Å². The summed E-state index contributed by atoms with van der Waals surface area (Å²) in [5.41, 5.74) is 11.4. The van der Waals surface area contributed by atoms with E-state index in [4.69, 9.17) is 11.5 Å². The van der Waals surface area contributed by atoms with E-state index in [0.717, 1.165) is 0 Å². The lowest BCUT2D eigenvalue weighted by molar-refractivity contribution is -0.143. The highest BCUT2D eigenvalue weighted by molar-refractivity contribution is 5.97. The lowest BCUT2D eigenvalue weighted by Gasteiger charge is -2.27. The second-order valence-corrected chi connectivity index (χ2v) is 13.8. The number of carboxylic acid groups (broad SMARTS) is 1. The van der Waals surface area contributed by atoms with Gasteiger partial charge in [0.1, 0.15) is 42.3 Å². The number of aliphatic carboxylic acids is 1. The molecule has 0 heterocycles. The van der Waals surface area contributed by atoms with Crippen LogP contribution in [0.5, 0.6) is 0 Å². The van der Waals surface area contributed by atoms with E-state index in [0.29, 0.717) is 5.56 Å². The Morgan fingerprint density at radius 3 is 1.57 bits per heavy atom. The Morgan fingerprint density at radius 2 is 1.06 bits per heavy atom. The van der Waals surface area contributed by atoms with Crippen LogP contribution in [-0.4, -0.2) is 118 Å². The third kappa shape index (κ3) is 17.1. The molecule has 0 radical (unpaired) electrons. The predicted molar refractivity (Wildman–Crippen MR) is 195 cm³/mol. The van der Waals surface area contributed by atoms with Crippen molar-refractivity contribution in [1.29, 1.82) is 0 Å². The molecule has 0 spiro atoms. The van der Waals surface area contributed by atoms with Gasteiger partial charge in [-0.25, -0.2) is 4.79 Å². The van der Waals surface area contributed by atoms with Crippen LogP contribution in [0.2, 0.25) is 0 Å². The second kappa shape index (κ2) is 23.5. The largest absolute Gasteiger partial charge is 0.480 e. The zero-order chi connectivity index (χ0) is 41.1. The maximum Gasteiger partial charge on any atom is 0.326 e. The average Bonchev–Trinajstić information content (AvgIpc) is 3.10. The number of nitrogens with two attached hydrogens (primary N) is 2. The summed E-state index contributed by atoms with van der Waals surface area (Å²) >= 11 is 0. The smallest absolute Gasteiger partial charge is 0.326 e. The highest BCUT2D eigenvalue weighted by Crippen LogP contribution is 2.10. The van der Waals surface area contributed by atoms with Gasteiger partial charge in [-0.1, -0.05) is 58.0 Å². The first-order valence-electron chi connectivity index (χ1n) is 17.6. The van der Waals surface area contributed by atoms with Gasteiger partial charge in [0, 0.05) is 12.8 Å². The molecule has 0 aliphatic heterocycles. The number of hydrogen-bond donors (Lipinski definition) is 11. The molecule has 54 heavy (non-hydrogen) atoms. The fourth-order valence-corrected chi connectivity index (χ4v) is 5.06. The molecule has 19 heteroatoms. The maximum atomic E-state index is 13.8. The van der Waals surface area contributed by atoms with Gasteiger partial charge >= 0.3 is 5.97 Å². The van der Waals surface area contributed by atoms with Gasteiger partial charge in [0.25, 0.3) is 0 Å². The standard InChI is InChI=1S/C35H56N8O11/c1-18(2)13-24(32(50)38-20(5)29(47)43-27(17-45)34(52)42-26(35(53)54)14-19(3)4)40-33(51)25(15-21-9-7-6-8-10-21)41-31(49)23(11-12-28(37)46)39-30(48)22(36)16-44/h6-10,18-20,22-27,44-45H,11-17,36H2,1-5H3,(H2,37,46)(H,38,50)(H,39,48)(H,40,51)(H,41,49)(H,42,52)(H,43,47)(H,53,54)/t20-,22-,23-,24-,25-,26-,27-/m0/s1. The molecule has 1 rings (SSSR count). The minimum atomic E-state index is -1.53. The number of benzene rings is 1. The molecule has 0 saturated heterocycles. The third-order valence-corrected chi connectivity index (χ3v) is 7.99. The molecule has 0 unspecified atom stereocenters. The molecule has 0 fully saturated rings. The van der Waals surface area contributed by atoms with Gasteiger partial charge in [0.05, 0.1) is 13.2 Å². The van der Waals surface area contributed by atoms with Crippen LogP contribution in [0.1, 0.15) is 65.9 Å². The number of hydrogen-bond acceptors (Lipinski definition) is 11. The molecular weight excluding hydrogens is 708 g/mol. The molecule has 0 saturated carbocycles. The van der Waals surface area contributed by atoms with Crippen LogP contribution in [-0.2, 0) is 44.8 Å². The van der Waals surface area contributed by atoms with E-state index < -0.39 is 103 Å². The monoisotopic (exact) mass is 764 g/mol. The Labute approximate surface area is 314 Å². The molecule has 1 aromatic carbocycles. The molecule has 19 nitrogen and oxygen atoms in total. The second-order valence-electron chi connectivity index (χ2n) is 13.8.